The Hall–Kier alpha value is -1.30. The SMILES string of the molecule is O=C(O)c1c(Br)c(Br)c(Br)c(Br)c1C(=O)Nc1cccc([N+](=O)[O-])c1. The van der Waals surface area contributed by atoms with Crippen molar-refractivity contribution in [3.05, 3.63) is 63.4 Å². The van der Waals surface area contributed by atoms with Gasteiger partial charge in [-0.15, -0.1) is 0 Å². The lowest BCUT2D eigenvalue weighted by molar-refractivity contribution is -0.384. The second-order valence-corrected chi connectivity index (χ2v) is 7.74. The number of carbonyl (C=O) groups excluding carboxylic acids is 1. The van der Waals surface area contributed by atoms with E-state index in [4.69, 9.17) is 0 Å². The summed E-state index contributed by atoms with van der Waals surface area (Å²) in [6.07, 6.45) is 0. The number of carboxylic acid groups (broad SMARTS) is 1. The number of nitrogens with zero attached hydrogens (tertiary/aromatic N) is 1. The number of nitro groups is 1. The fraction of sp³-hybridized carbons (Fsp3) is 0. The molecular weight excluding hydrogens is 596 g/mol. The number of rotatable bonds is 4. The van der Waals surface area contributed by atoms with Gasteiger partial charge in [-0.1, -0.05) is 6.07 Å². The predicted octanol–water partition coefficient (Wildman–Crippen LogP) is 5.60. The molecule has 25 heavy (non-hydrogen) atoms. The van der Waals surface area contributed by atoms with E-state index in [9.17, 15) is 24.8 Å². The molecule has 7 nitrogen and oxygen atoms in total. The van der Waals surface area contributed by atoms with Crippen molar-refractivity contribution in [2.24, 2.45) is 0 Å². The minimum Gasteiger partial charge on any atom is -0.478 e. The van der Waals surface area contributed by atoms with Crippen LogP contribution in [0.25, 0.3) is 0 Å². The molecule has 0 aliphatic rings. The largest absolute Gasteiger partial charge is 0.478 e. The summed E-state index contributed by atoms with van der Waals surface area (Å²) in [6, 6.07) is 5.33. The van der Waals surface area contributed by atoms with Gasteiger partial charge in [-0.3, -0.25) is 14.9 Å². The van der Waals surface area contributed by atoms with E-state index < -0.39 is 16.8 Å². The van der Waals surface area contributed by atoms with Crippen molar-refractivity contribution < 1.29 is 19.6 Å². The van der Waals surface area contributed by atoms with Crippen LogP contribution in [0, 0.1) is 10.1 Å². The van der Waals surface area contributed by atoms with Gasteiger partial charge in [0, 0.05) is 35.7 Å². The molecule has 11 heteroatoms. The van der Waals surface area contributed by atoms with Crippen molar-refractivity contribution in [2.75, 3.05) is 5.32 Å². The Kier molecular flexibility index (Phi) is 6.35. The first-order valence-electron chi connectivity index (χ1n) is 6.30. The zero-order valence-corrected chi connectivity index (χ0v) is 18.2. The second-order valence-electron chi connectivity index (χ2n) is 4.57. The highest BCUT2D eigenvalue weighted by Gasteiger charge is 2.28. The third-order valence-corrected chi connectivity index (χ3v) is 7.79. The summed E-state index contributed by atoms with van der Waals surface area (Å²) in [6.45, 7) is 0. The van der Waals surface area contributed by atoms with Crippen LogP contribution in [0.2, 0.25) is 0 Å². The van der Waals surface area contributed by atoms with Gasteiger partial charge >= 0.3 is 5.97 Å². The van der Waals surface area contributed by atoms with E-state index in [1.54, 1.807) is 0 Å². The number of nitrogens with one attached hydrogen (secondary N) is 1. The number of aromatic carboxylic acids is 1. The summed E-state index contributed by atoms with van der Waals surface area (Å²) < 4.78 is 1.26. The van der Waals surface area contributed by atoms with E-state index in [1.807, 2.05) is 0 Å². The number of carboxylic acids is 1. The maximum Gasteiger partial charge on any atom is 0.337 e. The molecule has 0 spiro atoms. The molecule has 0 unspecified atom stereocenters. The molecule has 2 rings (SSSR count). The number of hydrogen-bond acceptors (Lipinski definition) is 4. The molecule has 0 fully saturated rings. The molecule has 2 aromatic carbocycles. The van der Waals surface area contributed by atoms with Gasteiger partial charge in [0.2, 0.25) is 0 Å². The van der Waals surface area contributed by atoms with Gasteiger partial charge in [0.25, 0.3) is 11.6 Å². The Morgan fingerprint density at radius 1 is 1.00 bits per heavy atom. The topological polar surface area (TPSA) is 110 Å². The van der Waals surface area contributed by atoms with Crippen LogP contribution in [0.3, 0.4) is 0 Å². The van der Waals surface area contributed by atoms with Crippen LogP contribution in [-0.2, 0) is 0 Å². The Morgan fingerprint density at radius 2 is 1.56 bits per heavy atom. The minimum atomic E-state index is -1.31. The highest BCUT2D eigenvalue weighted by atomic mass is 79.9. The lowest BCUT2D eigenvalue weighted by atomic mass is 10.1. The third-order valence-electron chi connectivity index (χ3n) is 3.02. The van der Waals surface area contributed by atoms with Gasteiger partial charge in [0.1, 0.15) is 0 Å². The van der Waals surface area contributed by atoms with Crippen molar-refractivity contribution >= 4 is 87.0 Å². The van der Waals surface area contributed by atoms with E-state index >= 15 is 0 Å². The summed E-state index contributed by atoms with van der Waals surface area (Å²) in [7, 11) is 0. The number of non-ortho nitro benzene ring substituents is 1. The summed E-state index contributed by atoms with van der Waals surface area (Å²) in [4.78, 5) is 34.5. The molecule has 0 aliphatic carbocycles. The number of amides is 1. The Morgan fingerprint density at radius 3 is 2.08 bits per heavy atom. The van der Waals surface area contributed by atoms with E-state index in [2.05, 4.69) is 69.0 Å². The number of halogens is 4. The average molecular weight is 602 g/mol. The Bertz CT molecular complexity index is 917. The zero-order chi connectivity index (χ0) is 18.9. The van der Waals surface area contributed by atoms with Crippen molar-refractivity contribution in [1.29, 1.82) is 0 Å². The Labute approximate surface area is 174 Å². The standard InChI is InChI=1S/C14H6Br4N2O5/c15-9-7(8(14(22)23)10(16)12(18)11(9)17)13(21)19-5-2-1-3-6(4-5)20(24)25/h1-4H,(H,19,21)(H,22,23). The summed E-state index contributed by atoms with van der Waals surface area (Å²) in [5, 5.41) is 22.8. The van der Waals surface area contributed by atoms with Gasteiger partial charge in [-0.25, -0.2) is 4.79 Å². The van der Waals surface area contributed by atoms with Crippen LogP contribution in [0.1, 0.15) is 20.7 Å². The first-order chi connectivity index (χ1) is 11.6. The fourth-order valence-electron chi connectivity index (χ4n) is 1.94. The molecule has 0 bridgehead atoms. The Balaban J connectivity index is 2.55. The van der Waals surface area contributed by atoms with E-state index in [-0.39, 0.29) is 31.4 Å². The van der Waals surface area contributed by atoms with E-state index in [0.29, 0.717) is 8.95 Å². The smallest absolute Gasteiger partial charge is 0.337 e. The molecule has 2 N–H and O–H groups in total. The molecule has 130 valence electrons. The molecule has 0 atom stereocenters. The lowest BCUT2D eigenvalue weighted by Crippen LogP contribution is -2.18. The average Bonchev–Trinajstić information content (AvgIpc) is 2.55. The van der Waals surface area contributed by atoms with Crippen molar-refractivity contribution in [2.45, 2.75) is 0 Å². The quantitative estimate of drug-likeness (QED) is 0.205. The van der Waals surface area contributed by atoms with Crippen molar-refractivity contribution in [1.82, 2.24) is 0 Å². The van der Waals surface area contributed by atoms with Crippen molar-refractivity contribution in [3.8, 4) is 0 Å². The molecule has 0 radical (unpaired) electrons. The lowest BCUT2D eigenvalue weighted by Gasteiger charge is -2.14. The summed E-state index contributed by atoms with van der Waals surface area (Å²) in [5.74, 6) is -2.05. The highest BCUT2D eigenvalue weighted by molar-refractivity contribution is 9.15. The molecule has 0 saturated carbocycles. The maximum absolute atomic E-state index is 12.6. The summed E-state index contributed by atoms with van der Waals surface area (Å²) in [5.41, 5.74) is -0.433. The van der Waals surface area contributed by atoms with Gasteiger partial charge < -0.3 is 10.4 Å². The van der Waals surface area contributed by atoms with Gasteiger partial charge in [0.15, 0.2) is 0 Å². The molecular formula is C14H6Br4N2O5. The number of hydrogen-bond donors (Lipinski definition) is 2. The van der Waals surface area contributed by atoms with Crippen LogP contribution >= 0.6 is 63.7 Å². The minimum absolute atomic E-state index is 0.138. The van der Waals surface area contributed by atoms with Gasteiger partial charge in [-0.05, 0) is 69.8 Å². The number of nitro benzene ring substituents is 1. The first kappa shape index (κ1) is 20.0. The number of carbonyl (C=O) groups is 2. The first-order valence-corrected chi connectivity index (χ1v) is 9.47. The monoisotopic (exact) mass is 598 g/mol. The molecule has 0 heterocycles. The molecule has 0 saturated heterocycles. The molecule has 0 aromatic heterocycles. The van der Waals surface area contributed by atoms with Crippen LogP contribution < -0.4 is 5.32 Å². The van der Waals surface area contributed by atoms with Gasteiger partial charge in [-0.2, -0.15) is 0 Å². The van der Waals surface area contributed by atoms with Crippen LogP contribution in [0.4, 0.5) is 11.4 Å². The summed E-state index contributed by atoms with van der Waals surface area (Å²) >= 11 is 12.9. The van der Waals surface area contributed by atoms with Crippen LogP contribution in [-0.4, -0.2) is 21.9 Å². The fourth-order valence-corrected chi connectivity index (χ4v) is 4.40. The van der Waals surface area contributed by atoms with Crippen LogP contribution in [0.5, 0.6) is 0 Å². The predicted molar refractivity (Wildman–Crippen MR) is 105 cm³/mol. The molecule has 1 amide bonds. The maximum atomic E-state index is 12.6. The third kappa shape index (κ3) is 4.10. The van der Waals surface area contributed by atoms with E-state index in [0.717, 1.165) is 0 Å². The number of anilines is 1. The van der Waals surface area contributed by atoms with Gasteiger partial charge in [0.05, 0.1) is 16.1 Å². The zero-order valence-electron chi connectivity index (χ0n) is 11.8. The van der Waals surface area contributed by atoms with Crippen molar-refractivity contribution in [3.63, 3.8) is 0 Å². The highest BCUT2D eigenvalue weighted by Crippen LogP contribution is 2.42. The molecule has 2 aromatic rings. The van der Waals surface area contributed by atoms with Crippen LogP contribution in [0.15, 0.2) is 42.2 Å². The molecule has 0 aliphatic heterocycles. The number of benzene rings is 2. The normalized spacial score (nSPS) is 10.4. The second kappa shape index (κ2) is 7.94. The van der Waals surface area contributed by atoms with E-state index in [1.165, 1.54) is 24.3 Å².